The van der Waals surface area contributed by atoms with Crippen LogP contribution < -0.4 is 4.57 Å². The van der Waals surface area contributed by atoms with Gasteiger partial charge in [-0.3, -0.25) is 0 Å². The number of nitrogens with zero attached hydrogens (tertiary/aromatic N) is 2. The molecule has 2 heterocycles. The van der Waals surface area contributed by atoms with Gasteiger partial charge in [-0.2, -0.15) is 4.57 Å². The van der Waals surface area contributed by atoms with Crippen molar-refractivity contribution in [1.82, 2.24) is 4.57 Å². The minimum absolute atomic E-state index is 1.05. The molecule has 2 heteroatoms. The van der Waals surface area contributed by atoms with E-state index in [-0.39, 0.29) is 0 Å². The number of fused-ring (bicyclic) bond motifs is 3. The van der Waals surface area contributed by atoms with Crippen LogP contribution in [0.4, 0.5) is 0 Å². The molecule has 0 atom stereocenters. The highest BCUT2D eigenvalue weighted by Gasteiger charge is 2.22. The minimum atomic E-state index is 1.05. The maximum Gasteiger partial charge on any atom is 0.286 e. The van der Waals surface area contributed by atoms with Crippen molar-refractivity contribution in [3.8, 4) is 5.82 Å². The van der Waals surface area contributed by atoms with Crippen molar-refractivity contribution in [2.24, 2.45) is 7.05 Å². The summed E-state index contributed by atoms with van der Waals surface area (Å²) in [4.78, 5) is 0. The van der Waals surface area contributed by atoms with Gasteiger partial charge in [-0.05, 0) is 42.7 Å². The molecule has 0 aliphatic rings. The molecule has 23 heavy (non-hydrogen) atoms. The second kappa shape index (κ2) is 5.24. The van der Waals surface area contributed by atoms with Crippen LogP contribution in [-0.2, 0) is 13.5 Å². The molecule has 2 aromatic heterocycles. The zero-order valence-corrected chi connectivity index (χ0v) is 13.9. The maximum atomic E-state index is 2.40. The van der Waals surface area contributed by atoms with Gasteiger partial charge in [0.2, 0.25) is 0 Å². The van der Waals surface area contributed by atoms with E-state index in [0.29, 0.717) is 0 Å². The normalized spacial score (nSPS) is 11.4. The number of hydrogen-bond donors (Lipinski definition) is 0. The Balaban J connectivity index is 2.29. The maximum absolute atomic E-state index is 2.40. The lowest BCUT2D eigenvalue weighted by molar-refractivity contribution is -0.665. The van der Waals surface area contributed by atoms with Crippen LogP contribution in [0.1, 0.15) is 18.1 Å². The summed E-state index contributed by atoms with van der Waals surface area (Å²) in [5.41, 5.74) is 5.32. The van der Waals surface area contributed by atoms with Gasteiger partial charge in [0.25, 0.3) is 5.82 Å². The van der Waals surface area contributed by atoms with Gasteiger partial charge in [-0.25, -0.2) is 4.57 Å². The minimum Gasteiger partial charge on any atom is -0.237 e. The van der Waals surface area contributed by atoms with Gasteiger partial charge in [0.05, 0.1) is 13.2 Å². The number of hydrogen-bond acceptors (Lipinski definition) is 0. The Hall–Kier alpha value is -2.61. The van der Waals surface area contributed by atoms with Crippen molar-refractivity contribution in [2.75, 3.05) is 0 Å². The molecule has 2 nitrogen and oxygen atoms in total. The van der Waals surface area contributed by atoms with Crippen LogP contribution in [-0.4, -0.2) is 4.57 Å². The van der Waals surface area contributed by atoms with Crippen LogP contribution >= 0.6 is 0 Å². The van der Waals surface area contributed by atoms with Crippen molar-refractivity contribution in [1.29, 1.82) is 0 Å². The summed E-state index contributed by atoms with van der Waals surface area (Å²) in [5, 5.41) is 2.74. The van der Waals surface area contributed by atoms with E-state index in [9.17, 15) is 0 Å². The first-order chi connectivity index (χ1) is 11.2. The predicted molar refractivity (Wildman–Crippen MR) is 96.1 cm³/mol. The highest BCUT2D eigenvalue weighted by Crippen LogP contribution is 2.35. The summed E-state index contributed by atoms with van der Waals surface area (Å²) in [6.07, 6.45) is 3.15. The molecule has 0 fully saturated rings. The Morgan fingerprint density at radius 1 is 0.957 bits per heavy atom. The highest BCUT2D eigenvalue weighted by molar-refractivity contribution is 6.11. The van der Waals surface area contributed by atoms with E-state index in [4.69, 9.17) is 0 Å². The molecule has 0 unspecified atom stereocenters. The second-order valence-corrected chi connectivity index (χ2v) is 6.14. The van der Waals surface area contributed by atoms with Crippen LogP contribution in [0.15, 0.2) is 60.8 Å². The topological polar surface area (TPSA) is 8.81 Å². The lowest BCUT2D eigenvalue weighted by atomic mass is 10.0. The van der Waals surface area contributed by atoms with Crippen molar-refractivity contribution < 1.29 is 4.57 Å². The van der Waals surface area contributed by atoms with Gasteiger partial charge in [0.15, 0.2) is 0 Å². The molecule has 0 aliphatic carbocycles. The molecule has 2 aromatic carbocycles. The molecule has 4 aromatic rings. The zero-order chi connectivity index (χ0) is 16.0. The SMILES string of the molecule is CCc1cccc2c1c1cccc(C)c1n2-c1cccc[n+]1C. The van der Waals surface area contributed by atoms with E-state index in [1.807, 2.05) is 0 Å². The predicted octanol–water partition coefficient (Wildman–Crippen LogP) is 4.48. The Labute approximate surface area is 136 Å². The van der Waals surface area contributed by atoms with Gasteiger partial charge >= 0.3 is 0 Å². The highest BCUT2D eigenvalue weighted by atomic mass is 15.1. The molecule has 0 amide bonds. The van der Waals surface area contributed by atoms with Crippen LogP contribution in [0.3, 0.4) is 0 Å². The number of para-hydroxylation sites is 1. The molecule has 0 N–H and O–H groups in total. The molecule has 0 saturated carbocycles. The Kier molecular flexibility index (Phi) is 3.19. The zero-order valence-electron chi connectivity index (χ0n) is 13.9. The fourth-order valence-corrected chi connectivity index (χ4v) is 3.64. The van der Waals surface area contributed by atoms with Crippen molar-refractivity contribution in [3.05, 3.63) is 71.9 Å². The third kappa shape index (κ3) is 1.98. The first kappa shape index (κ1) is 14.0. The summed E-state index contributed by atoms with van der Waals surface area (Å²) in [5.74, 6) is 1.19. The number of pyridine rings is 1. The summed E-state index contributed by atoms with van der Waals surface area (Å²) < 4.78 is 4.59. The molecule has 114 valence electrons. The largest absolute Gasteiger partial charge is 0.286 e. The van der Waals surface area contributed by atoms with Gasteiger partial charge in [0, 0.05) is 16.8 Å². The van der Waals surface area contributed by atoms with Crippen LogP contribution in [0.25, 0.3) is 27.6 Å². The molecule has 0 saturated heterocycles. The van der Waals surface area contributed by atoms with Crippen LogP contribution in [0.5, 0.6) is 0 Å². The molecule has 0 aliphatic heterocycles. The van der Waals surface area contributed by atoms with E-state index < -0.39 is 0 Å². The average Bonchev–Trinajstić information content (AvgIpc) is 2.91. The first-order valence-electron chi connectivity index (χ1n) is 8.19. The number of benzene rings is 2. The first-order valence-corrected chi connectivity index (χ1v) is 8.19. The Morgan fingerprint density at radius 2 is 1.78 bits per heavy atom. The number of aryl methyl sites for hydroxylation is 3. The molecule has 0 spiro atoms. The fraction of sp³-hybridized carbons (Fsp3) is 0.190. The van der Waals surface area contributed by atoms with Gasteiger partial charge in [0.1, 0.15) is 11.0 Å². The van der Waals surface area contributed by atoms with Crippen molar-refractivity contribution in [3.63, 3.8) is 0 Å². The van der Waals surface area contributed by atoms with Crippen molar-refractivity contribution >= 4 is 21.8 Å². The van der Waals surface area contributed by atoms with Gasteiger partial charge in [-0.1, -0.05) is 37.3 Å². The Morgan fingerprint density at radius 3 is 2.57 bits per heavy atom. The van der Waals surface area contributed by atoms with E-state index >= 15 is 0 Å². The fourth-order valence-electron chi connectivity index (χ4n) is 3.64. The number of aromatic nitrogens is 2. The van der Waals surface area contributed by atoms with E-state index in [1.165, 1.54) is 38.8 Å². The summed E-state index contributed by atoms with van der Waals surface area (Å²) in [6.45, 7) is 4.43. The smallest absolute Gasteiger partial charge is 0.237 e. The van der Waals surface area contributed by atoms with Crippen LogP contribution in [0, 0.1) is 6.92 Å². The summed E-state index contributed by atoms with van der Waals surface area (Å²) >= 11 is 0. The third-order valence-electron chi connectivity index (χ3n) is 4.74. The van der Waals surface area contributed by atoms with Gasteiger partial charge in [-0.15, -0.1) is 0 Å². The van der Waals surface area contributed by atoms with Crippen molar-refractivity contribution in [2.45, 2.75) is 20.3 Å². The van der Waals surface area contributed by atoms with Crippen LogP contribution in [0.2, 0.25) is 0 Å². The Bertz CT molecular complexity index is 1020. The van der Waals surface area contributed by atoms with Gasteiger partial charge < -0.3 is 0 Å². The summed E-state index contributed by atoms with van der Waals surface area (Å²) in [6, 6.07) is 19.6. The monoisotopic (exact) mass is 301 g/mol. The average molecular weight is 301 g/mol. The second-order valence-electron chi connectivity index (χ2n) is 6.14. The quantitative estimate of drug-likeness (QED) is 0.483. The molecular weight excluding hydrogens is 280 g/mol. The molecular formula is C21H21N2+. The van der Waals surface area contributed by atoms with E-state index in [1.54, 1.807) is 0 Å². The lowest BCUT2D eigenvalue weighted by Gasteiger charge is -2.04. The molecule has 4 rings (SSSR count). The summed E-state index contributed by atoms with van der Waals surface area (Å²) in [7, 11) is 2.11. The van der Waals surface area contributed by atoms with E-state index in [0.717, 1.165) is 6.42 Å². The standard InChI is InChI=1S/C21H21N2/c1-4-16-10-8-12-18-20(16)17-11-7-9-15(2)21(17)23(18)19-13-5-6-14-22(19)3/h5-14H,4H2,1-3H3/q+1. The third-order valence-corrected chi connectivity index (χ3v) is 4.74. The number of rotatable bonds is 2. The van der Waals surface area contributed by atoms with E-state index in [2.05, 4.69) is 90.8 Å². The lowest BCUT2D eigenvalue weighted by Crippen LogP contribution is -2.33. The molecule has 0 radical (unpaired) electrons. The molecule has 0 bridgehead atoms.